The Balaban J connectivity index is 1.85. The number of nitrogens with zero attached hydrogens (tertiary/aromatic N) is 2. The highest BCUT2D eigenvalue weighted by molar-refractivity contribution is 7.89. The first-order valence-corrected chi connectivity index (χ1v) is 8.31. The molecule has 1 aromatic rings. The van der Waals surface area contributed by atoms with Crippen LogP contribution in [0.1, 0.15) is 25.0 Å². The van der Waals surface area contributed by atoms with Crippen molar-refractivity contribution in [1.29, 1.82) is 0 Å². The van der Waals surface area contributed by atoms with Crippen molar-refractivity contribution in [1.82, 2.24) is 14.5 Å². The highest BCUT2D eigenvalue weighted by Crippen LogP contribution is 2.39. The Hall–Kier alpha value is -1.12. The van der Waals surface area contributed by atoms with Gasteiger partial charge in [0.25, 0.3) is 0 Å². The minimum atomic E-state index is -3.66. The third-order valence-electron chi connectivity index (χ3n) is 4.10. The molecule has 1 saturated heterocycles. The molecule has 8 heteroatoms. The molecule has 3 N–H and O–H groups in total. The van der Waals surface area contributed by atoms with Crippen molar-refractivity contribution in [2.75, 3.05) is 12.3 Å². The fourth-order valence-electron chi connectivity index (χ4n) is 2.83. The van der Waals surface area contributed by atoms with Crippen molar-refractivity contribution in [3.63, 3.8) is 0 Å². The molecule has 0 amide bonds. The van der Waals surface area contributed by atoms with Crippen LogP contribution < -0.4 is 10.5 Å². The number of nitrogens with two attached hydrogens (primary N) is 1. The Bertz CT molecular complexity index is 621. The van der Waals surface area contributed by atoms with Crippen LogP contribution in [0.3, 0.4) is 0 Å². The van der Waals surface area contributed by atoms with Crippen LogP contribution in [0, 0.1) is 12.8 Å². The van der Waals surface area contributed by atoms with Crippen LogP contribution >= 0.6 is 0 Å². The summed E-state index contributed by atoms with van der Waals surface area (Å²) in [7, 11) is -1.98. The number of anilines is 1. The first kappa shape index (κ1) is 13.8. The van der Waals surface area contributed by atoms with Gasteiger partial charge < -0.3 is 10.5 Å². The van der Waals surface area contributed by atoms with Gasteiger partial charge in [-0.2, -0.15) is 5.10 Å². The van der Waals surface area contributed by atoms with Gasteiger partial charge >= 0.3 is 0 Å². The molecule has 0 radical (unpaired) electrons. The molecule has 0 aromatic carbocycles. The second kappa shape index (κ2) is 4.71. The van der Waals surface area contributed by atoms with Crippen LogP contribution in [-0.2, 0) is 21.8 Å². The van der Waals surface area contributed by atoms with Gasteiger partial charge in [-0.15, -0.1) is 0 Å². The van der Waals surface area contributed by atoms with Gasteiger partial charge in [-0.25, -0.2) is 13.1 Å². The Kier molecular flexibility index (Phi) is 3.26. The Morgan fingerprint density at radius 2 is 2.10 bits per heavy atom. The van der Waals surface area contributed by atoms with E-state index in [1.54, 1.807) is 14.0 Å². The molecule has 2 heterocycles. The third kappa shape index (κ3) is 2.32. The van der Waals surface area contributed by atoms with Crippen LogP contribution in [0.4, 0.5) is 5.82 Å². The zero-order valence-electron chi connectivity index (χ0n) is 11.7. The van der Waals surface area contributed by atoms with E-state index in [0.717, 1.165) is 12.8 Å². The molecule has 3 rings (SSSR count). The van der Waals surface area contributed by atoms with Gasteiger partial charge in [0.05, 0.1) is 17.8 Å². The first-order valence-electron chi connectivity index (χ1n) is 6.83. The van der Waals surface area contributed by atoms with Gasteiger partial charge in [0.15, 0.2) is 5.82 Å². The van der Waals surface area contributed by atoms with E-state index in [1.807, 2.05) is 0 Å². The smallest absolute Gasteiger partial charge is 0.246 e. The molecule has 1 saturated carbocycles. The van der Waals surface area contributed by atoms with Gasteiger partial charge in [-0.3, -0.25) is 4.68 Å². The van der Waals surface area contributed by atoms with Crippen molar-refractivity contribution in [2.24, 2.45) is 13.0 Å². The van der Waals surface area contributed by atoms with Crippen molar-refractivity contribution in [2.45, 2.75) is 43.2 Å². The summed E-state index contributed by atoms with van der Waals surface area (Å²) in [5.74, 6) is 0.539. The van der Waals surface area contributed by atoms with Crippen molar-refractivity contribution in [3.8, 4) is 0 Å². The molecule has 20 heavy (non-hydrogen) atoms. The lowest BCUT2D eigenvalue weighted by atomic mass is 10.1. The lowest BCUT2D eigenvalue weighted by Crippen LogP contribution is -2.41. The van der Waals surface area contributed by atoms with Crippen molar-refractivity contribution >= 4 is 15.8 Å². The number of sulfonamides is 1. The maximum atomic E-state index is 12.5. The van der Waals surface area contributed by atoms with Gasteiger partial charge in [0.1, 0.15) is 4.90 Å². The number of hydrogen-bond acceptors (Lipinski definition) is 5. The molecular formula is C12H20N4O3S. The summed E-state index contributed by atoms with van der Waals surface area (Å²) >= 11 is 0. The number of aromatic nitrogens is 2. The van der Waals surface area contributed by atoms with E-state index in [4.69, 9.17) is 10.5 Å². The topological polar surface area (TPSA) is 99.2 Å². The fourth-order valence-corrected chi connectivity index (χ4v) is 4.44. The Morgan fingerprint density at radius 1 is 1.40 bits per heavy atom. The van der Waals surface area contributed by atoms with Gasteiger partial charge in [-0.05, 0) is 32.1 Å². The third-order valence-corrected chi connectivity index (χ3v) is 5.76. The second-order valence-electron chi connectivity index (χ2n) is 5.61. The molecule has 1 aliphatic heterocycles. The summed E-state index contributed by atoms with van der Waals surface area (Å²) in [6, 6.07) is -0.161. The lowest BCUT2D eigenvalue weighted by molar-refractivity contribution is 0.0848. The molecule has 0 spiro atoms. The summed E-state index contributed by atoms with van der Waals surface area (Å²) in [6.45, 7) is 2.30. The largest absolute Gasteiger partial charge is 0.381 e. The van der Waals surface area contributed by atoms with E-state index >= 15 is 0 Å². The molecule has 2 unspecified atom stereocenters. The molecular weight excluding hydrogens is 280 g/mol. The predicted molar refractivity (Wildman–Crippen MR) is 73.5 cm³/mol. The quantitative estimate of drug-likeness (QED) is 0.825. The lowest BCUT2D eigenvalue weighted by Gasteiger charge is -2.19. The van der Waals surface area contributed by atoms with E-state index in [-0.39, 0.29) is 22.9 Å². The monoisotopic (exact) mass is 300 g/mol. The number of aryl methyl sites for hydroxylation is 1. The molecule has 2 aliphatic rings. The van der Waals surface area contributed by atoms with Crippen LogP contribution in [0.2, 0.25) is 0 Å². The van der Waals surface area contributed by atoms with E-state index in [1.165, 1.54) is 4.68 Å². The van der Waals surface area contributed by atoms with E-state index in [0.29, 0.717) is 24.6 Å². The summed E-state index contributed by atoms with van der Waals surface area (Å²) in [5.41, 5.74) is 6.27. The average Bonchev–Trinajstić information content (AvgIpc) is 3.03. The number of rotatable bonds is 4. The standard InChI is InChI=1S/C12H20N4O3S/c1-7-11(12(13)14-16(7)2)20(17,18)15-9-5-6-19-10(9)8-3-4-8/h8-10,15H,3-6H2,1-2H3,(H2,13,14). The van der Waals surface area contributed by atoms with Crippen LogP contribution in [0.25, 0.3) is 0 Å². The Morgan fingerprint density at radius 3 is 2.65 bits per heavy atom. The molecule has 2 fully saturated rings. The maximum Gasteiger partial charge on any atom is 0.246 e. The van der Waals surface area contributed by atoms with E-state index in [2.05, 4.69) is 9.82 Å². The summed E-state index contributed by atoms with van der Waals surface area (Å²) in [6.07, 6.45) is 2.95. The molecule has 2 atom stereocenters. The summed E-state index contributed by atoms with van der Waals surface area (Å²) in [5, 5.41) is 3.96. The van der Waals surface area contributed by atoms with Gasteiger partial charge in [-0.1, -0.05) is 0 Å². The molecule has 7 nitrogen and oxygen atoms in total. The van der Waals surface area contributed by atoms with Crippen molar-refractivity contribution < 1.29 is 13.2 Å². The predicted octanol–water partition coefficient (Wildman–Crippen LogP) is 0.157. The van der Waals surface area contributed by atoms with Crippen LogP contribution in [-0.4, -0.2) is 37.0 Å². The zero-order valence-corrected chi connectivity index (χ0v) is 12.5. The van der Waals surface area contributed by atoms with E-state index < -0.39 is 10.0 Å². The van der Waals surface area contributed by atoms with E-state index in [9.17, 15) is 8.42 Å². The fraction of sp³-hybridized carbons (Fsp3) is 0.750. The van der Waals surface area contributed by atoms with Gasteiger partial charge in [0, 0.05) is 13.7 Å². The average molecular weight is 300 g/mol. The number of ether oxygens (including phenoxy) is 1. The highest BCUT2D eigenvalue weighted by Gasteiger charge is 2.42. The zero-order chi connectivity index (χ0) is 14.5. The minimum Gasteiger partial charge on any atom is -0.381 e. The number of nitrogens with one attached hydrogen (secondary N) is 1. The maximum absolute atomic E-state index is 12.5. The molecule has 1 aliphatic carbocycles. The van der Waals surface area contributed by atoms with Crippen molar-refractivity contribution in [3.05, 3.63) is 5.69 Å². The van der Waals surface area contributed by atoms with Crippen LogP contribution in [0.15, 0.2) is 4.90 Å². The summed E-state index contributed by atoms with van der Waals surface area (Å²) in [4.78, 5) is 0.0847. The normalized spacial score (nSPS) is 27.1. The highest BCUT2D eigenvalue weighted by atomic mass is 32.2. The van der Waals surface area contributed by atoms with Gasteiger partial charge in [0.2, 0.25) is 10.0 Å². The Labute approximate surface area is 118 Å². The number of nitrogen functional groups attached to an aromatic ring is 1. The summed E-state index contributed by atoms with van der Waals surface area (Å²) < 4.78 is 35.0. The van der Waals surface area contributed by atoms with Crippen LogP contribution in [0.5, 0.6) is 0 Å². The molecule has 1 aromatic heterocycles. The molecule has 112 valence electrons. The second-order valence-corrected chi connectivity index (χ2v) is 7.26. The molecule has 0 bridgehead atoms. The number of hydrogen-bond donors (Lipinski definition) is 2. The minimum absolute atomic E-state index is 0.00276. The first-order chi connectivity index (χ1) is 9.40. The SMILES string of the molecule is Cc1c(S(=O)(=O)NC2CCOC2C2CC2)c(N)nn1C.